The molecule has 1 aromatic heterocycles. The van der Waals surface area contributed by atoms with Gasteiger partial charge in [-0.25, -0.2) is 10.8 Å². The summed E-state index contributed by atoms with van der Waals surface area (Å²) in [5.41, 5.74) is 3.17. The van der Waals surface area contributed by atoms with Crippen LogP contribution >= 0.6 is 27.7 Å². The zero-order valence-electron chi connectivity index (χ0n) is 10.6. The molecule has 1 aromatic carbocycles. The number of nitrogens with two attached hydrogens (primary N) is 1. The Balaban J connectivity index is 2.09. The monoisotopic (exact) mass is 351 g/mol. The van der Waals surface area contributed by atoms with E-state index in [0.29, 0.717) is 5.75 Å². The number of aromatic nitrogens is 1. The van der Waals surface area contributed by atoms with Crippen LogP contribution in [0.15, 0.2) is 58.2 Å². The third-order valence-corrected chi connectivity index (χ3v) is 4.27. The second-order valence-electron chi connectivity index (χ2n) is 4.10. The van der Waals surface area contributed by atoms with Gasteiger partial charge in [0.05, 0.1) is 10.9 Å². The topological polar surface area (TPSA) is 68.0 Å². The van der Waals surface area contributed by atoms with Crippen molar-refractivity contribution in [3.05, 3.63) is 58.7 Å². The minimum absolute atomic E-state index is 0.194. The average molecular weight is 352 g/mol. The fourth-order valence-electron chi connectivity index (χ4n) is 1.73. The van der Waals surface area contributed by atoms with E-state index in [1.54, 1.807) is 6.20 Å². The summed E-state index contributed by atoms with van der Waals surface area (Å²) >= 11 is 4.87. The normalized spacial score (nSPS) is 11.9. The Hall–Kier alpha value is -1.37. The Morgan fingerprint density at radius 2 is 2.05 bits per heavy atom. The number of rotatable bonds is 5. The smallest absolute Gasteiger partial charge is 0.242 e. The molecule has 0 saturated heterocycles. The average Bonchev–Trinajstić information content (AvgIpc) is 2.50. The van der Waals surface area contributed by atoms with Crippen LogP contribution in [0.1, 0.15) is 11.5 Å². The van der Waals surface area contributed by atoms with Gasteiger partial charge in [0.2, 0.25) is 5.91 Å². The lowest BCUT2D eigenvalue weighted by molar-refractivity contribution is -0.122. The Bertz CT molecular complexity index is 562. The number of hydrogen-bond donors (Lipinski definition) is 2. The summed E-state index contributed by atoms with van der Waals surface area (Å²) < 4.78 is 0.932. The lowest BCUT2D eigenvalue weighted by Gasteiger charge is -2.15. The van der Waals surface area contributed by atoms with Gasteiger partial charge in [0.25, 0.3) is 0 Å². The van der Waals surface area contributed by atoms with Crippen molar-refractivity contribution in [1.82, 2.24) is 10.4 Å². The molecule has 104 valence electrons. The number of nitrogens with one attached hydrogen (secondary N) is 1. The highest BCUT2D eigenvalue weighted by Crippen LogP contribution is 2.25. The van der Waals surface area contributed by atoms with Crippen molar-refractivity contribution in [2.24, 2.45) is 5.84 Å². The van der Waals surface area contributed by atoms with Gasteiger partial charge < -0.3 is 0 Å². The number of hydrazine groups is 1. The van der Waals surface area contributed by atoms with E-state index < -0.39 is 0 Å². The first-order valence-electron chi connectivity index (χ1n) is 6.00. The maximum atomic E-state index is 11.9. The van der Waals surface area contributed by atoms with Gasteiger partial charge in [-0.15, -0.1) is 11.8 Å². The van der Waals surface area contributed by atoms with E-state index in [9.17, 15) is 4.79 Å². The number of hydrogen-bond acceptors (Lipinski definition) is 4. The third-order valence-electron chi connectivity index (χ3n) is 2.76. The number of benzene rings is 1. The summed E-state index contributed by atoms with van der Waals surface area (Å²) in [7, 11) is 0. The second-order valence-corrected chi connectivity index (χ2v) is 6.05. The van der Waals surface area contributed by atoms with E-state index in [0.717, 1.165) is 15.1 Å². The van der Waals surface area contributed by atoms with E-state index in [4.69, 9.17) is 5.84 Å². The van der Waals surface area contributed by atoms with Gasteiger partial charge in [-0.3, -0.25) is 10.2 Å². The molecule has 4 nitrogen and oxygen atoms in total. The molecule has 0 aliphatic rings. The zero-order valence-corrected chi connectivity index (χ0v) is 13.0. The quantitative estimate of drug-likeness (QED) is 0.376. The molecule has 2 aromatic rings. The Labute approximate surface area is 130 Å². The predicted octanol–water partition coefficient (Wildman–Crippen LogP) is 2.71. The number of pyridine rings is 1. The molecular formula is C14H14BrN3OS. The van der Waals surface area contributed by atoms with Crippen LogP contribution in [0.5, 0.6) is 0 Å². The van der Waals surface area contributed by atoms with Crippen LogP contribution in [0.4, 0.5) is 0 Å². The highest BCUT2D eigenvalue weighted by atomic mass is 79.9. The molecule has 0 fully saturated rings. The molecule has 2 rings (SSSR count). The predicted molar refractivity (Wildman–Crippen MR) is 84.2 cm³/mol. The van der Waals surface area contributed by atoms with E-state index in [-0.39, 0.29) is 11.8 Å². The molecule has 0 radical (unpaired) electrons. The fourth-order valence-corrected chi connectivity index (χ4v) is 2.93. The van der Waals surface area contributed by atoms with Crippen LogP contribution in [0, 0.1) is 0 Å². The molecule has 3 N–H and O–H groups in total. The first-order valence-corrected chi connectivity index (χ1v) is 7.78. The van der Waals surface area contributed by atoms with Gasteiger partial charge >= 0.3 is 0 Å². The third kappa shape index (κ3) is 4.06. The Kier molecular flexibility index (Phi) is 5.58. The van der Waals surface area contributed by atoms with Crippen molar-refractivity contribution in [2.45, 2.75) is 10.9 Å². The highest BCUT2D eigenvalue weighted by Gasteiger charge is 2.20. The minimum Gasteiger partial charge on any atom is -0.294 e. The lowest BCUT2D eigenvalue weighted by Crippen LogP contribution is -2.35. The largest absolute Gasteiger partial charge is 0.294 e. The Morgan fingerprint density at radius 1 is 1.30 bits per heavy atom. The van der Waals surface area contributed by atoms with Crippen molar-refractivity contribution in [1.29, 1.82) is 0 Å². The molecule has 0 spiro atoms. The number of carbonyl (C=O) groups excluding carboxylic acids is 1. The van der Waals surface area contributed by atoms with Crippen molar-refractivity contribution in [3.63, 3.8) is 0 Å². The number of thioether (sulfide) groups is 1. The van der Waals surface area contributed by atoms with E-state index in [1.807, 2.05) is 42.5 Å². The van der Waals surface area contributed by atoms with Crippen molar-refractivity contribution >= 4 is 33.6 Å². The maximum Gasteiger partial charge on any atom is 0.242 e. The molecule has 0 saturated carbocycles. The molecule has 6 heteroatoms. The first-order chi connectivity index (χ1) is 9.70. The van der Waals surface area contributed by atoms with Crippen molar-refractivity contribution in [2.75, 3.05) is 5.75 Å². The summed E-state index contributed by atoms with van der Waals surface area (Å²) in [5, 5.41) is 0.874. The molecule has 1 atom stereocenters. The van der Waals surface area contributed by atoms with Gasteiger partial charge in [0.15, 0.2) is 0 Å². The summed E-state index contributed by atoms with van der Waals surface area (Å²) in [6, 6.07) is 13.4. The molecule has 1 amide bonds. The van der Waals surface area contributed by atoms with Gasteiger partial charge in [-0.2, -0.15) is 0 Å². The number of amides is 1. The van der Waals surface area contributed by atoms with Crippen molar-refractivity contribution < 1.29 is 4.79 Å². The summed E-state index contributed by atoms with van der Waals surface area (Å²) in [4.78, 5) is 16.2. The van der Waals surface area contributed by atoms with Crippen LogP contribution in [-0.4, -0.2) is 16.6 Å². The van der Waals surface area contributed by atoms with Crippen molar-refractivity contribution in [3.8, 4) is 0 Å². The van der Waals surface area contributed by atoms with Crippen LogP contribution in [0.2, 0.25) is 0 Å². The highest BCUT2D eigenvalue weighted by molar-refractivity contribution is 9.10. The van der Waals surface area contributed by atoms with Crippen LogP contribution in [0.3, 0.4) is 0 Å². The molecular weight excluding hydrogens is 338 g/mol. The van der Waals surface area contributed by atoms with Crippen LogP contribution in [-0.2, 0) is 4.79 Å². The van der Waals surface area contributed by atoms with Crippen LogP contribution in [0.25, 0.3) is 0 Å². The number of nitrogens with zero attached hydrogens (tertiary/aromatic N) is 1. The summed E-state index contributed by atoms with van der Waals surface area (Å²) in [6.45, 7) is 0. The van der Waals surface area contributed by atoms with E-state index in [1.165, 1.54) is 11.8 Å². The number of carbonyl (C=O) groups is 1. The second kappa shape index (κ2) is 7.42. The van der Waals surface area contributed by atoms with Gasteiger partial charge in [0, 0.05) is 16.4 Å². The molecule has 1 heterocycles. The maximum absolute atomic E-state index is 11.9. The van der Waals surface area contributed by atoms with Gasteiger partial charge in [0.1, 0.15) is 0 Å². The Morgan fingerprint density at radius 3 is 2.65 bits per heavy atom. The van der Waals surface area contributed by atoms with Gasteiger partial charge in [-0.1, -0.05) is 30.3 Å². The minimum atomic E-state index is -0.295. The zero-order chi connectivity index (χ0) is 14.4. The van der Waals surface area contributed by atoms with Crippen LogP contribution < -0.4 is 11.3 Å². The number of halogens is 1. The SMILES string of the molecule is NNC(=O)C(CSc1ccc(Br)cn1)c1ccccc1. The lowest BCUT2D eigenvalue weighted by atomic mass is 10.0. The van der Waals surface area contributed by atoms with Gasteiger partial charge in [-0.05, 0) is 33.6 Å². The summed E-state index contributed by atoms with van der Waals surface area (Å²) in [6.07, 6.45) is 1.74. The first kappa shape index (κ1) is 15.0. The summed E-state index contributed by atoms with van der Waals surface area (Å²) in [5.74, 6) is 5.37. The van der Waals surface area contributed by atoms with E-state index >= 15 is 0 Å². The molecule has 0 bridgehead atoms. The fraction of sp³-hybridized carbons (Fsp3) is 0.143. The molecule has 1 unspecified atom stereocenters. The molecule has 0 aliphatic carbocycles. The molecule has 0 aliphatic heterocycles. The molecule has 20 heavy (non-hydrogen) atoms. The standard InChI is InChI=1S/C14H14BrN3OS/c15-11-6-7-13(17-8-11)20-9-12(14(19)18-16)10-4-2-1-3-5-10/h1-8,12H,9,16H2,(H,18,19). The van der Waals surface area contributed by atoms with E-state index in [2.05, 4.69) is 26.3 Å².